The second kappa shape index (κ2) is 2.19. The Morgan fingerprint density at radius 3 is 2.27 bits per heavy atom. The molecule has 1 heterocycles. The standard InChI is InChI=1S/C5H10N4O2/c1-2-3(11-8)5(6,7)9-4(2)10/h6-8H2,1H3,(H,9,10). The summed E-state index contributed by atoms with van der Waals surface area (Å²) in [6.07, 6.45) is 0. The summed E-state index contributed by atoms with van der Waals surface area (Å²) >= 11 is 0. The Morgan fingerprint density at radius 1 is 1.55 bits per heavy atom. The fourth-order valence-corrected chi connectivity index (χ4v) is 0.938. The van der Waals surface area contributed by atoms with Crippen LogP contribution in [0.25, 0.3) is 0 Å². The third kappa shape index (κ3) is 1.07. The Morgan fingerprint density at radius 2 is 2.09 bits per heavy atom. The third-order valence-corrected chi connectivity index (χ3v) is 1.50. The van der Waals surface area contributed by atoms with Gasteiger partial charge in [-0.05, 0) is 6.92 Å². The maximum atomic E-state index is 10.9. The van der Waals surface area contributed by atoms with Gasteiger partial charge in [-0.3, -0.25) is 16.3 Å². The lowest BCUT2D eigenvalue weighted by molar-refractivity contribution is -0.117. The lowest BCUT2D eigenvalue weighted by Crippen LogP contribution is -2.61. The topological polar surface area (TPSA) is 116 Å². The summed E-state index contributed by atoms with van der Waals surface area (Å²) < 4.78 is 0. The van der Waals surface area contributed by atoms with Crippen molar-refractivity contribution < 1.29 is 9.63 Å². The summed E-state index contributed by atoms with van der Waals surface area (Å²) in [5.41, 5.74) is 11.1. The molecule has 7 N–H and O–H groups in total. The molecule has 62 valence electrons. The van der Waals surface area contributed by atoms with Crippen molar-refractivity contribution in [2.45, 2.75) is 12.7 Å². The van der Waals surface area contributed by atoms with Gasteiger partial charge in [0.2, 0.25) is 5.79 Å². The van der Waals surface area contributed by atoms with Crippen LogP contribution in [0.5, 0.6) is 0 Å². The van der Waals surface area contributed by atoms with E-state index < -0.39 is 5.79 Å². The Bertz CT molecular complexity index is 233. The van der Waals surface area contributed by atoms with Gasteiger partial charge >= 0.3 is 0 Å². The van der Waals surface area contributed by atoms with Gasteiger partial charge in [-0.25, -0.2) is 0 Å². The van der Waals surface area contributed by atoms with E-state index in [0.717, 1.165) is 0 Å². The molecule has 0 aliphatic carbocycles. The minimum atomic E-state index is -1.46. The maximum Gasteiger partial charge on any atom is 0.253 e. The number of carbonyl (C=O) groups excluding carboxylic acids is 1. The lowest BCUT2D eigenvalue weighted by atomic mass is 10.2. The van der Waals surface area contributed by atoms with E-state index in [0.29, 0.717) is 5.57 Å². The van der Waals surface area contributed by atoms with E-state index in [2.05, 4.69) is 10.2 Å². The van der Waals surface area contributed by atoms with Crippen molar-refractivity contribution in [2.75, 3.05) is 0 Å². The van der Waals surface area contributed by atoms with Crippen LogP contribution in [-0.4, -0.2) is 11.7 Å². The average Bonchev–Trinajstić information content (AvgIpc) is 2.03. The summed E-state index contributed by atoms with van der Waals surface area (Å²) in [7, 11) is 0. The van der Waals surface area contributed by atoms with Gasteiger partial charge in [0.1, 0.15) is 0 Å². The van der Waals surface area contributed by atoms with Crippen LogP contribution in [-0.2, 0) is 9.63 Å². The zero-order valence-corrected chi connectivity index (χ0v) is 6.05. The zero-order chi connectivity index (χ0) is 8.65. The van der Waals surface area contributed by atoms with E-state index in [1.807, 2.05) is 0 Å². The van der Waals surface area contributed by atoms with Crippen molar-refractivity contribution in [3.63, 3.8) is 0 Å². The molecule has 1 aliphatic heterocycles. The fourth-order valence-electron chi connectivity index (χ4n) is 0.938. The molecular weight excluding hydrogens is 148 g/mol. The molecule has 0 atom stereocenters. The number of amides is 1. The summed E-state index contributed by atoms with van der Waals surface area (Å²) in [6, 6.07) is 0. The molecule has 0 unspecified atom stereocenters. The van der Waals surface area contributed by atoms with Crippen LogP contribution in [0.4, 0.5) is 0 Å². The van der Waals surface area contributed by atoms with Crippen molar-refractivity contribution >= 4 is 5.91 Å². The van der Waals surface area contributed by atoms with Crippen LogP contribution < -0.4 is 22.7 Å². The number of hydrogen-bond acceptors (Lipinski definition) is 5. The molecule has 0 saturated carbocycles. The highest BCUT2D eigenvalue weighted by Crippen LogP contribution is 2.17. The van der Waals surface area contributed by atoms with E-state index in [9.17, 15) is 4.79 Å². The first-order chi connectivity index (χ1) is 4.99. The van der Waals surface area contributed by atoms with Crippen LogP contribution in [0.2, 0.25) is 0 Å². The second-order valence-electron chi connectivity index (χ2n) is 2.40. The molecule has 0 fully saturated rings. The molecule has 0 aromatic carbocycles. The van der Waals surface area contributed by atoms with Crippen molar-refractivity contribution in [1.82, 2.24) is 5.32 Å². The van der Waals surface area contributed by atoms with Gasteiger partial charge in [0.15, 0.2) is 5.76 Å². The monoisotopic (exact) mass is 158 g/mol. The summed E-state index contributed by atoms with van der Waals surface area (Å²) in [4.78, 5) is 15.2. The molecule has 0 bridgehead atoms. The first-order valence-corrected chi connectivity index (χ1v) is 2.97. The van der Waals surface area contributed by atoms with Gasteiger partial charge in [-0.1, -0.05) is 0 Å². The smallest absolute Gasteiger partial charge is 0.253 e. The summed E-state index contributed by atoms with van der Waals surface area (Å²) in [5.74, 6) is 3.10. The summed E-state index contributed by atoms with van der Waals surface area (Å²) in [5, 5.41) is 2.28. The van der Waals surface area contributed by atoms with Crippen LogP contribution in [0.1, 0.15) is 6.92 Å². The number of nitrogens with one attached hydrogen (secondary N) is 1. The third-order valence-electron chi connectivity index (χ3n) is 1.50. The van der Waals surface area contributed by atoms with Gasteiger partial charge in [-0.2, -0.15) is 5.90 Å². The summed E-state index contributed by atoms with van der Waals surface area (Å²) in [6.45, 7) is 1.53. The largest absolute Gasteiger partial charge is 0.410 e. The van der Waals surface area contributed by atoms with E-state index in [4.69, 9.17) is 17.4 Å². The molecule has 6 nitrogen and oxygen atoms in total. The first-order valence-electron chi connectivity index (χ1n) is 2.97. The zero-order valence-electron chi connectivity index (χ0n) is 6.05. The van der Waals surface area contributed by atoms with Gasteiger partial charge in [0.25, 0.3) is 5.91 Å². The average molecular weight is 158 g/mol. The minimum absolute atomic E-state index is 0.0718. The minimum Gasteiger partial charge on any atom is -0.410 e. The van der Waals surface area contributed by atoms with Gasteiger partial charge < -0.3 is 10.2 Å². The van der Waals surface area contributed by atoms with Gasteiger partial charge in [-0.15, -0.1) is 0 Å². The molecule has 0 aromatic rings. The molecule has 0 radical (unpaired) electrons. The lowest BCUT2D eigenvalue weighted by Gasteiger charge is -2.19. The van der Waals surface area contributed by atoms with Gasteiger partial charge in [0.05, 0.1) is 5.57 Å². The number of hydrogen-bond donors (Lipinski definition) is 4. The van der Waals surface area contributed by atoms with Crippen molar-refractivity contribution in [2.24, 2.45) is 17.4 Å². The van der Waals surface area contributed by atoms with Crippen LogP contribution in [0, 0.1) is 0 Å². The highest BCUT2D eigenvalue weighted by Gasteiger charge is 2.39. The highest BCUT2D eigenvalue weighted by atomic mass is 16.6. The van der Waals surface area contributed by atoms with Crippen LogP contribution in [0.3, 0.4) is 0 Å². The molecule has 1 aliphatic rings. The number of carbonyl (C=O) groups is 1. The quantitative estimate of drug-likeness (QED) is 0.256. The molecule has 0 spiro atoms. The van der Waals surface area contributed by atoms with Crippen LogP contribution in [0.15, 0.2) is 11.3 Å². The predicted octanol–water partition coefficient (Wildman–Crippen LogP) is -2.15. The molecule has 0 aromatic heterocycles. The molecule has 1 rings (SSSR count). The molecule has 6 heteroatoms. The van der Waals surface area contributed by atoms with E-state index >= 15 is 0 Å². The Kier molecular flexibility index (Phi) is 1.59. The van der Waals surface area contributed by atoms with E-state index in [-0.39, 0.29) is 11.7 Å². The Hall–Kier alpha value is -1.11. The Labute approximate surface area is 63.3 Å². The van der Waals surface area contributed by atoms with Crippen molar-refractivity contribution in [3.8, 4) is 0 Å². The normalized spacial score (nSPS) is 22.0. The van der Waals surface area contributed by atoms with Crippen molar-refractivity contribution in [3.05, 3.63) is 11.3 Å². The SMILES string of the molecule is CC1=C(ON)C(N)(N)NC1=O. The molecule has 1 amide bonds. The molecule has 11 heavy (non-hydrogen) atoms. The van der Waals surface area contributed by atoms with Crippen molar-refractivity contribution in [1.29, 1.82) is 0 Å². The highest BCUT2D eigenvalue weighted by molar-refractivity contribution is 5.97. The second-order valence-corrected chi connectivity index (χ2v) is 2.40. The maximum absolute atomic E-state index is 10.9. The van der Waals surface area contributed by atoms with E-state index in [1.165, 1.54) is 6.92 Å². The van der Waals surface area contributed by atoms with E-state index in [1.54, 1.807) is 0 Å². The molecule has 0 saturated heterocycles. The number of rotatable bonds is 1. The molecular formula is C5H10N4O2. The fraction of sp³-hybridized carbons (Fsp3) is 0.400. The Balaban J connectivity index is 3.06. The predicted molar refractivity (Wildman–Crippen MR) is 37.2 cm³/mol. The van der Waals surface area contributed by atoms with Gasteiger partial charge in [0, 0.05) is 0 Å². The first kappa shape index (κ1) is 7.99. The number of nitrogens with two attached hydrogens (primary N) is 3. The van der Waals surface area contributed by atoms with Crippen LogP contribution >= 0.6 is 0 Å².